The lowest BCUT2D eigenvalue weighted by molar-refractivity contribution is 0.100. The van der Waals surface area contributed by atoms with E-state index in [2.05, 4.69) is 24.5 Å². The van der Waals surface area contributed by atoms with Crippen molar-refractivity contribution in [3.63, 3.8) is 0 Å². The zero-order valence-corrected chi connectivity index (χ0v) is 11.7. The number of primary amides is 1. The van der Waals surface area contributed by atoms with Gasteiger partial charge in [-0.2, -0.15) is 0 Å². The molecule has 4 heteroatoms. The third kappa shape index (κ3) is 3.47. The van der Waals surface area contributed by atoms with E-state index in [1.165, 1.54) is 12.8 Å². The standard InChI is InChI=1S/C15H23N3O/c1-15(2)8-3-9-17-13(15)10-18-12-6-4-11(5-7-12)14(16)19/h4-7,13,17-18H,3,8-10H2,1-2H3,(H2,16,19). The maximum absolute atomic E-state index is 11.0. The highest BCUT2D eigenvalue weighted by Gasteiger charge is 2.31. The van der Waals surface area contributed by atoms with Gasteiger partial charge in [0.25, 0.3) is 0 Å². The number of piperidine rings is 1. The summed E-state index contributed by atoms with van der Waals surface area (Å²) in [6.45, 7) is 6.60. The van der Waals surface area contributed by atoms with Gasteiger partial charge in [-0.1, -0.05) is 13.8 Å². The zero-order chi connectivity index (χ0) is 13.9. The summed E-state index contributed by atoms with van der Waals surface area (Å²) in [6.07, 6.45) is 2.50. The first-order valence-electron chi connectivity index (χ1n) is 6.86. The van der Waals surface area contributed by atoms with Crippen LogP contribution in [0.2, 0.25) is 0 Å². The topological polar surface area (TPSA) is 67.2 Å². The second-order valence-electron chi connectivity index (χ2n) is 5.92. The minimum absolute atomic E-state index is 0.318. The molecule has 1 fully saturated rings. The van der Waals surface area contributed by atoms with Gasteiger partial charge in [-0.3, -0.25) is 4.79 Å². The molecule has 4 N–H and O–H groups in total. The number of carbonyl (C=O) groups is 1. The Morgan fingerprint density at radius 1 is 1.42 bits per heavy atom. The number of hydrogen-bond donors (Lipinski definition) is 3. The van der Waals surface area contributed by atoms with Crippen LogP contribution in [0.25, 0.3) is 0 Å². The highest BCUT2D eigenvalue weighted by molar-refractivity contribution is 5.93. The van der Waals surface area contributed by atoms with Crippen molar-refractivity contribution in [1.29, 1.82) is 0 Å². The fraction of sp³-hybridized carbons (Fsp3) is 0.533. The molecule has 1 unspecified atom stereocenters. The smallest absolute Gasteiger partial charge is 0.248 e. The first-order valence-corrected chi connectivity index (χ1v) is 6.86. The van der Waals surface area contributed by atoms with Gasteiger partial charge < -0.3 is 16.4 Å². The van der Waals surface area contributed by atoms with Crippen molar-refractivity contribution in [2.24, 2.45) is 11.1 Å². The lowest BCUT2D eigenvalue weighted by Crippen LogP contribution is -2.50. The number of nitrogens with two attached hydrogens (primary N) is 1. The maximum atomic E-state index is 11.0. The molecule has 0 spiro atoms. The molecular weight excluding hydrogens is 238 g/mol. The molecule has 1 atom stereocenters. The Bertz CT molecular complexity index is 439. The van der Waals surface area contributed by atoms with Crippen LogP contribution >= 0.6 is 0 Å². The predicted molar refractivity (Wildman–Crippen MR) is 78.3 cm³/mol. The van der Waals surface area contributed by atoms with Crippen LogP contribution in [0.15, 0.2) is 24.3 Å². The van der Waals surface area contributed by atoms with E-state index in [0.29, 0.717) is 17.0 Å². The molecule has 2 rings (SSSR count). The van der Waals surface area contributed by atoms with Gasteiger partial charge in [-0.05, 0) is 49.1 Å². The Morgan fingerprint density at radius 3 is 2.68 bits per heavy atom. The van der Waals surface area contributed by atoms with Crippen LogP contribution in [0, 0.1) is 5.41 Å². The molecule has 1 aliphatic rings. The third-order valence-corrected chi connectivity index (χ3v) is 4.01. The summed E-state index contributed by atoms with van der Waals surface area (Å²) in [5.74, 6) is -0.387. The molecular formula is C15H23N3O. The van der Waals surface area contributed by atoms with Gasteiger partial charge in [-0.15, -0.1) is 0 Å². The molecule has 0 saturated carbocycles. The van der Waals surface area contributed by atoms with Crippen molar-refractivity contribution >= 4 is 11.6 Å². The molecule has 1 aromatic rings. The van der Waals surface area contributed by atoms with E-state index in [0.717, 1.165) is 18.8 Å². The number of rotatable bonds is 4. The predicted octanol–water partition coefficient (Wildman–Crippen LogP) is 1.98. The van der Waals surface area contributed by atoms with E-state index in [9.17, 15) is 4.79 Å². The number of nitrogens with one attached hydrogen (secondary N) is 2. The Morgan fingerprint density at radius 2 is 2.11 bits per heavy atom. The van der Waals surface area contributed by atoms with Crippen molar-refractivity contribution in [3.8, 4) is 0 Å². The Kier molecular flexibility index (Phi) is 4.10. The van der Waals surface area contributed by atoms with Gasteiger partial charge in [0.15, 0.2) is 0 Å². The van der Waals surface area contributed by atoms with Gasteiger partial charge >= 0.3 is 0 Å². The average Bonchev–Trinajstić information content (AvgIpc) is 2.37. The lowest BCUT2D eigenvalue weighted by atomic mass is 9.77. The molecule has 1 heterocycles. The second kappa shape index (κ2) is 5.61. The van der Waals surface area contributed by atoms with E-state index < -0.39 is 0 Å². The first-order chi connectivity index (χ1) is 8.99. The molecule has 0 aliphatic carbocycles. The maximum Gasteiger partial charge on any atom is 0.248 e. The van der Waals surface area contributed by atoms with E-state index in [1.54, 1.807) is 12.1 Å². The number of hydrogen-bond acceptors (Lipinski definition) is 3. The molecule has 4 nitrogen and oxygen atoms in total. The van der Waals surface area contributed by atoms with E-state index >= 15 is 0 Å². The Labute approximate surface area is 114 Å². The highest BCUT2D eigenvalue weighted by Crippen LogP contribution is 2.30. The monoisotopic (exact) mass is 261 g/mol. The average molecular weight is 261 g/mol. The van der Waals surface area contributed by atoms with Crippen LogP contribution in [-0.4, -0.2) is 25.0 Å². The van der Waals surface area contributed by atoms with E-state index in [4.69, 9.17) is 5.73 Å². The van der Waals surface area contributed by atoms with Crippen LogP contribution in [-0.2, 0) is 0 Å². The summed E-state index contributed by atoms with van der Waals surface area (Å²) >= 11 is 0. The molecule has 19 heavy (non-hydrogen) atoms. The summed E-state index contributed by atoms with van der Waals surface area (Å²) in [5.41, 5.74) is 7.10. The minimum Gasteiger partial charge on any atom is -0.383 e. The van der Waals surface area contributed by atoms with Crippen molar-refractivity contribution < 1.29 is 4.79 Å². The third-order valence-electron chi connectivity index (χ3n) is 4.01. The van der Waals surface area contributed by atoms with Crippen LogP contribution in [0.3, 0.4) is 0 Å². The van der Waals surface area contributed by atoms with Gasteiger partial charge in [0.1, 0.15) is 0 Å². The Hall–Kier alpha value is -1.55. The largest absolute Gasteiger partial charge is 0.383 e. The van der Waals surface area contributed by atoms with Gasteiger partial charge in [0.2, 0.25) is 5.91 Å². The molecule has 0 aromatic heterocycles. The second-order valence-corrected chi connectivity index (χ2v) is 5.92. The zero-order valence-electron chi connectivity index (χ0n) is 11.7. The molecule has 1 aromatic carbocycles. The van der Waals surface area contributed by atoms with Crippen molar-refractivity contribution in [3.05, 3.63) is 29.8 Å². The number of benzene rings is 1. The Balaban J connectivity index is 1.93. The van der Waals surface area contributed by atoms with Gasteiger partial charge in [0.05, 0.1) is 0 Å². The molecule has 1 saturated heterocycles. The SMILES string of the molecule is CC1(C)CCCNC1CNc1ccc(C(N)=O)cc1. The van der Waals surface area contributed by atoms with Crippen molar-refractivity contribution in [1.82, 2.24) is 5.32 Å². The fourth-order valence-corrected chi connectivity index (χ4v) is 2.59. The quantitative estimate of drug-likeness (QED) is 0.776. The minimum atomic E-state index is -0.387. The fourth-order valence-electron chi connectivity index (χ4n) is 2.59. The van der Waals surface area contributed by atoms with Crippen molar-refractivity contribution in [2.75, 3.05) is 18.4 Å². The van der Waals surface area contributed by atoms with Crippen LogP contribution < -0.4 is 16.4 Å². The summed E-state index contributed by atoms with van der Waals surface area (Å²) in [5, 5.41) is 6.99. The number of anilines is 1. The number of amides is 1. The highest BCUT2D eigenvalue weighted by atomic mass is 16.1. The van der Waals surface area contributed by atoms with Crippen LogP contribution in [0.5, 0.6) is 0 Å². The van der Waals surface area contributed by atoms with Gasteiger partial charge in [0, 0.05) is 23.8 Å². The van der Waals surface area contributed by atoms with Crippen molar-refractivity contribution in [2.45, 2.75) is 32.7 Å². The first kappa shape index (κ1) is 13.9. The van der Waals surface area contributed by atoms with Crippen LogP contribution in [0.4, 0.5) is 5.69 Å². The molecule has 0 bridgehead atoms. The molecule has 104 valence electrons. The molecule has 1 aliphatic heterocycles. The summed E-state index contributed by atoms with van der Waals surface area (Å²) < 4.78 is 0. The van der Waals surface area contributed by atoms with Gasteiger partial charge in [-0.25, -0.2) is 0 Å². The summed E-state index contributed by atoms with van der Waals surface area (Å²) in [7, 11) is 0. The number of carbonyl (C=O) groups excluding carboxylic acids is 1. The lowest BCUT2D eigenvalue weighted by Gasteiger charge is -2.39. The van der Waals surface area contributed by atoms with E-state index in [1.807, 2.05) is 12.1 Å². The summed E-state index contributed by atoms with van der Waals surface area (Å²) in [6, 6.07) is 7.78. The molecule has 1 amide bonds. The molecule has 0 radical (unpaired) electrons. The normalized spacial score (nSPS) is 21.9. The van der Waals surface area contributed by atoms with Crippen LogP contribution in [0.1, 0.15) is 37.0 Å². The summed E-state index contributed by atoms with van der Waals surface area (Å²) in [4.78, 5) is 11.0. The van der Waals surface area contributed by atoms with E-state index in [-0.39, 0.29) is 5.91 Å².